The third-order valence-corrected chi connectivity index (χ3v) is 3.54. The zero-order chi connectivity index (χ0) is 14.7. The topological polar surface area (TPSA) is 63.2 Å². The van der Waals surface area contributed by atoms with Crippen molar-refractivity contribution in [2.45, 2.75) is 13.0 Å². The van der Waals surface area contributed by atoms with Gasteiger partial charge in [0.05, 0.1) is 7.11 Å². The molecular formula is C16H17N3O2. The van der Waals surface area contributed by atoms with E-state index in [1.807, 2.05) is 24.3 Å². The molecule has 0 saturated heterocycles. The number of methoxy groups -OCH3 is 1. The van der Waals surface area contributed by atoms with Crippen LogP contribution in [0.2, 0.25) is 0 Å². The zero-order valence-electron chi connectivity index (χ0n) is 11.8. The lowest BCUT2D eigenvalue weighted by Crippen LogP contribution is -2.22. The van der Waals surface area contributed by atoms with Gasteiger partial charge in [-0.2, -0.15) is 0 Å². The fourth-order valence-electron chi connectivity index (χ4n) is 2.37. The van der Waals surface area contributed by atoms with E-state index in [0.29, 0.717) is 18.0 Å². The van der Waals surface area contributed by atoms with Gasteiger partial charge in [0.1, 0.15) is 0 Å². The Morgan fingerprint density at radius 3 is 3.05 bits per heavy atom. The van der Waals surface area contributed by atoms with Crippen LogP contribution >= 0.6 is 0 Å². The third-order valence-electron chi connectivity index (χ3n) is 3.54. The Morgan fingerprint density at radius 1 is 1.38 bits per heavy atom. The molecule has 0 spiro atoms. The minimum atomic E-state index is -0.0690. The molecule has 0 atom stereocenters. The highest BCUT2D eigenvalue weighted by Gasteiger charge is 2.13. The molecule has 2 N–H and O–H groups in total. The highest BCUT2D eigenvalue weighted by Crippen LogP contribution is 2.22. The molecule has 0 bridgehead atoms. The normalized spacial score (nSPS) is 12.4. The van der Waals surface area contributed by atoms with Crippen LogP contribution in [0.1, 0.15) is 21.5 Å². The van der Waals surface area contributed by atoms with Crippen molar-refractivity contribution in [3.8, 4) is 5.88 Å². The van der Waals surface area contributed by atoms with E-state index < -0.39 is 0 Å². The number of hydrogen-bond donors (Lipinski definition) is 2. The fourth-order valence-corrected chi connectivity index (χ4v) is 2.37. The van der Waals surface area contributed by atoms with E-state index in [9.17, 15) is 4.79 Å². The molecule has 2 heterocycles. The number of hydrogen-bond acceptors (Lipinski definition) is 4. The first-order valence-electron chi connectivity index (χ1n) is 6.90. The molecule has 0 radical (unpaired) electrons. The molecule has 1 aromatic carbocycles. The van der Waals surface area contributed by atoms with Gasteiger partial charge in [-0.15, -0.1) is 0 Å². The average Bonchev–Trinajstić information content (AvgIpc) is 3.00. The number of ether oxygens (including phenoxy) is 1. The Hall–Kier alpha value is -2.56. The number of carbonyl (C=O) groups excluding carboxylic acids is 1. The van der Waals surface area contributed by atoms with Gasteiger partial charge >= 0.3 is 0 Å². The van der Waals surface area contributed by atoms with Gasteiger partial charge in [0.2, 0.25) is 5.88 Å². The highest BCUT2D eigenvalue weighted by atomic mass is 16.5. The van der Waals surface area contributed by atoms with E-state index in [0.717, 1.165) is 24.2 Å². The SMILES string of the molecule is COc1ccc(CNC(=O)c2ccc3c(c2)CCN3)cn1. The average molecular weight is 283 g/mol. The van der Waals surface area contributed by atoms with Crippen molar-refractivity contribution in [1.82, 2.24) is 10.3 Å². The maximum Gasteiger partial charge on any atom is 0.251 e. The maximum atomic E-state index is 12.2. The van der Waals surface area contributed by atoms with E-state index in [-0.39, 0.29) is 5.91 Å². The Bertz CT molecular complexity index is 653. The van der Waals surface area contributed by atoms with Crippen LogP contribution in [0.4, 0.5) is 5.69 Å². The lowest BCUT2D eigenvalue weighted by Gasteiger charge is -2.07. The first-order chi connectivity index (χ1) is 10.3. The summed E-state index contributed by atoms with van der Waals surface area (Å²) in [6.07, 6.45) is 2.67. The van der Waals surface area contributed by atoms with Crippen molar-refractivity contribution in [3.05, 3.63) is 53.2 Å². The zero-order valence-corrected chi connectivity index (χ0v) is 11.8. The summed E-state index contributed by atoms with van der Waals surface area (Å²) < 4.78 is 5.00. The number of fused-ring (bicyclic) bond motifs is 1. The fraction of sp³-hybridized carbons (Fsp3) is 0.250. The molecule has 1 aromatic heterocycles. The summed E-state index contributed by atoms with van der Waals surface area (Å²) in [7, 11) is 1.58. The summed E-state index contributed by atoms with van der Waals surface area (Å²) in [4.78, 5) is 16.3. The standard InChI is InChI=1S/C16H17N3O2/c1-21-15-5-2-11(9-18-15)10-19-16(20)13-3-4-14-12(8-13)6-7-17-14/h2-5,8-9,17H,6-7,10H2,1H3,(H,19,20). The second-order valence-corrected chi connectivity index (χ2v) is 4.94. The predicted molar refractivity (Wildman–Crippen MR) is 80.6 cm³/mol. The van der Waals surface area contributed by atoms with Crippen molar-refractivity contribution in [2.75, 3.05) is 19.0 Å². The van der Waals surface area contributed by atoms with Gasteiger partial charge in [0, 0.05) is 36.6 Å². The molecule has 1 aliphatic heterocycles. The van der Waals surface area contributed by atoms with Gasteiger partial charge in [-0.3, -0.25) is 4.79 Å². The van der Waals surface area contributed by atoms with E-state index in [1.54, 1.807) is 19.4 Å². The quantitative estimate of drug-likeness (QED) is 0.900. The van der Waals surface area contributed by atoms with Gasteiger partial charge in [-0.1, -0.05) is 6.07 Å². The number of pyridine rings is 1. The van der Waals surface area contributed by atoms with Crippen LogP contribution in [0.25, 0.3) is 0 Å². The Labute approximate surface area is 123 Å². The first kappa shape index (κ1) is 13.4. The first-order valence-corrected chi connectivity index (χ1v) is 6.90. The summed E-state index contributed by atoms with van der Waals surface area (Å²) >= 11 is 0. The summed E-state index contributed by atoms with van der Waals surface area (Å²) in [6.45, 7) is 1.39. The molecule has 0 unspecified atom stereocenters. The molecule has 0 fully saturated rings. The molecule has 108 valence electrons. The number of amides is 1. The molecule has 3 rings (SSSR count). The van der Waals surface area contributed by atoms with Crippen LogP contribution in [0, 0.1) is 0 Å². The Balaban J connectivity index is 1.63. The minimum absolute atomic E-state index is 0.0690. The smallest absolute Gasteiger partial charge is 0.251 e. The Kier molecular flexibility index (Phi) is 3.73. The summed E-state index contributed by atoms with van der Waals surface area (Å²) in [6, 6.07) is 9.43. The number of benzene rings is 1. The van der Waals surface area contributed by atoms with Crippen molar-refractivity contribution in [1.29, 1.82) is 0 Å². The van der Waals surface area contributed by atoms with Crippen LogP contribution in [0.5, 0.6) is 5.88 Å². The van der Waals surface area contributed by atoms with Crippen LogP contribution < -0.4 is 15.4 Å². The lowest BCUT2D eigenvalue weighted by molar-refractivity contribution is 0.0951. The number of rotatable bonds is 4. The second kappa shape index (κ2) is 5.83. The van der Waals surface area contributed by atoms with Gasteiger partial charge in [-0.25, -0.2) is 4.98 Å². The van der Waals surface area contributed by atoms with Crippen LogP contribution in [-0.2, 0) is 13.0 Å². The Morgan fingerprint density at radius 2 is 2.29 bits per heavy atom. The van der Waals surface area contributed by atoms with Crippen molar-refractivity contribution in [3.63, 3.8) is 0 Å². The van der Waals surface area contributed by atoms with E-state index in [1.165, 1.54) is 5.56 Å². The van der Waals surface area contributed by atoms with Crippen LogP contribution in [0.3, 0.4) is 0 Å². The maximum absolute atomic E-state index is 12.2. The number of nitrogens with one attached hydrogen (secondary N) is 2. The molecule has 5 heteroatoms. The van der Waals surface area contributed by atoms with E-state index in [2.05, 4.69) is 15.6 Å². The van der Waals surface area contributed by atoms with Gasteiger partial charge in [0.25, 0.3) is 5.91 Å². The van der Waals surface area contributed by atoms with Crippen LogP contribution in [-0.4, -0.2) is 24.5 Å². The predicted octanol–water partition coefficient (Wildman–Crippen LogP) is 1.99. The largest absolute Gasteiger partial charge is 0.481 e. The monoisotopic (exact) mass is 283 g/mol. The summed E-state index contributed by atoms with van der Waals surface area (Å²) in [5, 5.41) is 6.19. The van der Waals surface area contributed by atoms with E-state index >= 15 is 0 Å². The molecule has 0 aliphatic carbocycles. The van der Waals surface area contributed by atoms with Gasteiger partial charge in [0.15, 0.2) is 0 Å². The summed E-state index contributed by atoms with van der Waals surface area (Å²) in [5.41, 5.74) is 3.96. The molecule has 2 aromatic rings. The van der Waals surface area contributed by atoms with Crippen molar-refractivity contribution >= 4 is 11.6 Å². The molecule has 5 nitrogen and oxygen atoms in total. The molecule has 0 saturated carbocycles. The van der Waals surface area contributed by atoms with E-state index in [4.69, 9.17) is 4.74 Å². The van der Waals surface area contributed by atoms with Crippen molar-refractivity contribution in [2.24, 2.45) is 0 Å². The lowest BCUT2D eigenvalue weighted by atomic mass is 10.1. The highest BCUT2D eigenvalue weighted by molar-refractivity contribution is 5.95. The number of nitrogens with zero attached hydrogens (tertiary/aromatic N) is 1. The molecule has 21 heavy (non-hydrogen) atoms. The number of anilines is 1. The van der Waals surface area contributed by atoms with Crippen LogP contribution in [0.15, 0.2) is 36.5 Å². The minimum Gasteiger partial charge on any atom is -0.481 e. The third kappa shape index (κ3) is 2.97. The molecule has 1 amide bonds. The molecular weight excluding hydrogens is 266 g/mol. The number of aromatic nitrogens is 1. The number of carbonyl (C=O) groups is 1. The second-order valence-electron chi connectivity index (χ2n) is 4.94. The van der Waals surface area contributed by atoms with Gasteiger partial charge in [-0.05, 0) is 35.7 Å². The van der Waals surface area contributed by atoms with Gasteiger partial charge < -0.3 is 15.4 Å². The summed E-state index contributed by atoms with van der Waals surface area (Å²) in [5.74, 6) is 0.497. The van der Waals surface area contributed by atoms with Crippen molar-refractivity contribution < 1.29 is 9.53 Å². The molecule has 1 aliphatic rings.